The van der Waals surface area contributed by atoms with Crippen LogP contribution in [0.25, 0.3) is 0 Å². The summed E-state index contributed by atoms with van der Waals surface area (Å²) in [6.45, 7) is 0.448. The number of hydrogen-bond donors (Lipinski definition) is 2. The topological polar surface area (TPSA) is 71.1 Å². The molecule has 29 heavy (non-hydrogen) atoms. The van der Waals surface area contributed by atoms with Crippen molar-refractivity contribution in [2.75, 3.05) is 5.32 Å². The monoisotopic (exact) mass is 425 g/mol. The summed E-state index contributed by atoms with van der Waals surface area (Å²) in [6.07, 6.45) is 2.57. The lowest BCUT2D eigenvalue weighted by molar-refractivity contribution is -0.123. The van der Waals surface area contributed by atoms with Crippen LogP contribution in [0.2, 0.25) is 5.02 Å². The molecule has 2 aromatic carbocycles. The average molecular weight is 426 g/mol. The molecule has 2 N–H and O–H groups in total. The number of aromatic nitrogens is 1. The highest BCUT2D eigenvalue weighted by molar-refractivity contribution is 7.16. The number of anilines is 1. The van der Waals surface area contributed by atoms with E-state index in [0.717, 1.165) is 35.4 Å². The number of thiazole rings is 1. The third kappa shape index (κ3) is 4.66. The van der Waals surface area contributed by atoms with Gasteiger partial charge in [-0.3, -0.25) is 14.9 Å². The van der Waals surface area contributed by atoms with E-state index in [1.807, 2.05) is 42.5 Å². The molecule has 3 aromatic rings. The molecule has 0 saturated heterocycles. The lowest BCUT2D eigenvalue weighted by atomic mass is 9.90. The fourth-order valence-corrected chi connectivity index (χ4v) is 4.59. The Morgan fingerprint density at radius 2 is 1.86 bits per heavy atom. The van der Waals surface area contributed by atoms with Gasteiger partial charge in [0.15, 0.2) is 5.13 Å². The number of nitrogens with zero attached hydrogens (tertiary/aromatic N) is 1. The fourth-order valence-electron chi connectivity index (χ4n) is 3.40. The molecule has 0 saturated carbocycles. The molecule has 0 aliphatic heterocycles. The van der Waals surface area contributed by atoms with Crippen molar-refractivity contribution >= 4 is 39.9 Å². The molecule has 1 unspecified atom stereocenters. The number of rotatable bonds is 5. The molecule has 1 atom stereocenters. The molecule has 2 amide bonds. The minimum absolute atomic E-state index is 0.0351. The molecule has 0 bridgehead atoms. The van der Waals surface area contributed by atoms with Crippen LogP contribution in [0.15, 0.2) is 54.6 Å². The lowest BCUT2D eigenvalue weighted by Gasteiger charge is -2.20. The standard InChI is InChI=1S/C22H20ClN3O2S/c23-16-11-9-14(10-12-16)13-24-21(28)17-7-4-8-18-19(17)25-22(29-18)26-20(27)15-5-2-1-3-6-15/h1-3,5-6,9-12,17H,4,7-8,13H2,(H,24,28)(H,25,26,27). The molecule has 1 aromatic heterocycles. The summed E-state index contributed by atoms with van der Waals surface area (Å²) in [7, 11) is 0. The van der Waals surface area contributed by atoms with E-state index in [1.54, 1.807) is 12.1 Å². The van der Waals surface area contributed by atoms with Crippen molar-refractivity contribution in [3.8, 4) is 0 Å². The van der Waals surface area contributed by atoms with Gasteiger partial charge in [0.05, 0.1) is 11.6 Å². The Morgan fingerprint density at radius 3 is 2.62 bits per heavy atom. The number of fused-ring (bicyclic) bond motifs is 1. The van der Waals surface area contributed by atoms with Crippen molar-refractivity contribution in [2.45, 2.75) is 31.7 Å². The van der Waals surface area contributed by atoms with E-state index in [2.05, 4.69) is 15.6 Å². The third-order valence-electron chi connectivity index (χ3n) is 4.91. The molecule has 0 fully saturated rings. The van der Waals surface area contributed by atoms with Gasteiger partial charge in [-0.1, -0.05) is 41.9 Å². The zero-order valence-corrected chi connectivity index (χ0v) is 17.2. The van der Waals surface area contributed by atoms with Gasteiger partial charge in [0.2, 0.25) is 5.91 Å². The van der Waals surface area contributed by atoms with Gasteiger partial charge in [-0.25, -0.2) is 4.98 Å². The van der Waals surface area contributed by atoms with Crippen LogP contribution in [0.5, 0.6) is 0 Å². The Kier molecular flexibility index (Phi) is 5.92. The SMILES string of the molecule is O=C(Nc1nc2c(s1)CCCC2C(=O)NCc1ccc(Cl)cc1)c1ccccc1. The molecule has 1 heterocycles. The highest BCUT2D eigenvalue weighted by Gasteiger charge is 2.30. The van der Waals surface area contributed by atoms with Crippen LogP contribution in [0, 0.1) is 0 Å². The number of benzene rings is 2. The number of amides is 2. The van der Waals surface area contributed by atoms with E-state index in [4.69, 9.17) is 11.6 Å². The summed E-state index contributed by atoms with van der Waals surface area (Å²) in [5.74, 6) is -0.516. The molecule has 4 rings (SSSR count). The van der Waals surface area contributed by atoms with E-state index >= 15 is 0 Å². The van der Waals surface area contributed by atoms with E-state index in [1.165, 1.54) is 11.3 Å². The highest BCUT2D eigenvalue weighted by Crippen LogP contribution is 2.37. The van der Waals surface area contributed by atoms with Gasteiger partial charge >= 0.3 is 0 Å². The van der Waals surface area contributed by atoms with E-state index in [9.17, 15) is 9.59 Å². The molecular formula is C22H20ClN3O2S. The summed E-state index contributed by atoms with van der Waals surface area (Å²) in [5.41, 5.74) is 2.36. The minimum Gasteiger partial charge on any atom is -0.351 e. The zero-order chi connectivity index (χ0) is 20.2. The number of hydrogen-bond acceptors (Lipinski definition) is 4. The highest BCUT2D eigenvalue weighted by atomic mass is 35.5. The predicted octanol–water partition coefficient (Wildman–Crippen LogP) is 4.79. The first kappa shape index (κ1) is 19.6. The Labute approximate surface area is 178 Å². The molecule has 0 radical (unpaired) electrons. The molecular weight excluding hydrogens is 406 g/mol. The summed E-state index contributed by atoms with van der Waals surface area (Å²) >= 11 is 7.36. The van der Waals surface area contributed by atoms with Crippen molar-refractivity contribution < 1.29 is 9.59 Å². The van der Waals surface area contributed by atoms with Crippen molar-refractivity contribution in [3.05, 3.63) is 81.3 Å². The number of carbonyl (C=O) groups is 2. The van der Waals surface area contributed by atoms with Crippen molar-refractivity contribution in [1.82, 2.24) is 10.3 Å². The molecule has 0 spiro atoms. The summed E-state index contributed by atoms with van der Waals surface area (Å²) < 4.78 is 0. The van der Waals surface area contributed by atoms with E-state index < -0.39 is 0 Å². The van der Waals surface area contributed by atoms with Crippen molar-refractivity contribution in [2.24, 2.45) is 0 Å². The van der Waals surface area contributed by atoms with Crippen LogP contribution in [0.3, 0.4) is 0 Å². The van der Waals surface area contributed by atoms with E-state index in [0.29, 0.717) is 22.3 Å². The summed E-state index contributed by atoms with van der Waals surface area (Å²) in [5, 5.41) is 7.08. The average Bonchev–Trinajstić information content (AvgIpc) is 3.16. The van der Waals surface area contributed by atoms with Gasteiger partial charge < -0.3 is 5.32 Å². The molecule has 1 aliphatic carbocycles. The Bertz CT molecular complexity index is 1020. The third-order valence-corrected chi connectivity index (χ3v) is 6.21. The number of nitrogens with one attached hydrogen (secondary N) is 2. The summed E-state index contributed by atoms with van der Waals surface area (Å²) in [6, 6.07) is 16.4. The number of carbonyl (C=O) groups excluding carboxylic acids is 2. The first-order valence-corrected chi connectivity index (χ1v) is 10.7. The normalized spacial score (nSPS) is 15.4. The van der Waals surface area contributed by atoms with Gasteiger partial charge in [0.25, 0.3) is 5.91 Å². The van der Waals surface area contributed by atoms with Gasteiger partial charge in [-0.2, -0.15) is 0 Å². The number of aryl methyl sites for hydroxylation is 1. The zero-order valence-electron chi connectivity index (χ0n) is 15.7. The van der Waals surface area contributed by atoms with Gasteiger partial charge in [-0.15, -0.1) is 11.3 Å². The maximum absolute atomic E-state index is 12.8. The molecule has 7 heteroatoms. The van der Waals surface area contributed by atoms with Crippen LogP contribution in [0.4, 0.5) is 5.13 Å². The minimum atomic E-state index is -0.287. The van der Waals surface area contributed by atoms with Crippen LogP contribution < -0.4 is 10.6 Å². The lowest BCUT2D eigenvalue weighted by Crippen LogP contribution is -2.31. The second-order valence-electron chi connectivity index (χ2n) is 6.94. The van der Waals surface area contributed by atoms with Crippen LogP contribution in [0.1, 0.15) is 45.3 Å². The second-order valence-corrected chi connectivity index (χ2v) is 8.46. The Balaban J connectivity index is 1.44. The van der Waals surface area contributed by atoms with Crippen LogP contribution in [-0.2, 0) is 17.8 Å². The molecule has 1 aliphatic rings. The van der Waals surface area contributed by atoms with E-state index in [-0.39, 0.29) is 17.7 Å². The first-order chi connectivity index (χ1) is 14.1. The predicted molar refractivity (Wildman–Crippen MR) is 115 cm³/mol. The van der Waals surface area contributed by atoms with Crippen LogP contribution >= 0.6 is 22.9 Å². The van der Waals surface area contributed by atoms with Gasteiger partial charge in [-0.05, 0) is 49.1 Å². The van der Waals surface area contributed by atoms with Gasteiger partial charge in [0.1, 0.15) is 0 Å². The fraction of sp³-hybridized carbons (Fsp3) is 0.227. The smallest absolute Gasteiger partial charge is 0.257 e. The Morgan fingerprint density at radius 1 is 1.10 bits per heavy atom. The largest absolute Gasteiger partial charge is 0.351 e. The van der Waals surface area contributed by atoms with Crippen molar-refractivity contribution in [3.63, 3.8) is 0 Å². The Hall–Kier alpha value is -2.70. The van der Waals surface area contributed by atoms with Gasteiger partial charge in [0, 0.05) is 22.0 Å². The maximum Gasteiger partial charge on any atom is 0.257 e. The number of halogens is 1. The van der Waals surface area contributed by atoms with Crippen molar-refractivity contribution in [1.29, 1.82) is 0 Å². The van der Waals surface area contributed by atoms with Crippen LogP contribution in [-0.4, -0.2) is 16.8 Å². The quantitative estimate of drug-likeness (QED) is 0.617. The molecule has 5 nitrogen and oxygen atoms in total. The maximum atomic E-state index is 12.8. The second kappa shape index (κ2) is 8.76. The first-order valence-electron chi connectivity index (χ1n) is 9.48. The summed E-state index contributed by atoms with van der Waals surface area (Å²) in [4.78, 5) is 30.9. The molecule has 148 valence electrons.